The average Bonchev–Trinajstić information content (AvgIpc) is 3.16. The smallest absolute Gasteiger partial charge is 0.411 e. The van der Waals surface area contributed by atoms with Crippen molar-refractivity contribution in [2.75, 3.05) is 0 Å². The number of cyclic esters (lactones) is 1. The largest absolute Gasteiger partial charge is 0.460 e. The normalized spacial score (nSPS) is 28.5. The zero-order valence-corrected chi connectivity index (χ0v) is 20.0. The number of carbonyl (C=O) groups is 2. The topological polar surface area (TPSA) is 55.8 Å². The third kappa shape index (κ3) is 4.92. The molecule has 1 heterocycles. The van der Waals surface area contributed by atoms with Crippen molar-refractivity contribution < 1.29 is 19.1 Å². The summed E-state index contributed by atoms with van der Waals surface area (Å²) in [6.07, 6.45) is 1.76. The predicted octanol–water partition coefficient (Wildman–Crippen LogP) is 6.31. The van der Waals surface area contributed by atoms with Crippen LogP contribution in [0.2, 0.25) is 0 Å². The van der Waals surface area contributed by atoms with Crippen LogP contribution in [0.1, 0.15) is 70.2 Å². The Morgan fingerprint density at radius 1 is 1.00 bits per heavy atom. The Balaban J connectivity index is 1.66. The van der Waals surface area contributed by atoms with Gasteiger partial charge >= 0.3 is 12.1 Å². The predicted molar refractivity (Wildman–Crippen MR) is 127 cm³/mol. The Hall–Kier alpha value is -2.82. The number of carbonyl (C=O) groups excluding carboxylic acids is 2. The van der Waals surface area contributed by atoms with Crippen LogP contribution in [0, 0.1) is 17.8 Å². The molecule has 0 bridgehead atoms. The highest BCUT2D eigenvalue weighted by Gasteiger charge is 2.51. The summed E-state index contributed by atoms with van der Waals surface area (Å²) >= 11 is 0. The first-order chi connectivity index (χ1) is 15.9. The molecule has 0 spiro atoms. The van der Waals surface area contributed by atoms with Gasteiger partial charge in [0.15, 0.2) is 12.1 Å². The third-order valence-corrected chi connectivity index (χ3v) is 7.32. The maximum atomic E-state index is 13.8. The van der Waals surface area contributed by atoms with Crippen molar-refractivity contribution in [1.29, 1.82) is 0 Å². The maximum absolute atomic E-state index is 13.8. The molecule has 33 heavy (non-hydrogen) atoms. The lowest BCUT2D eigenvalue weighted by atomic mass is 9.75. The van der Waals surface area contributed by atoms with Crippen LogP contribution in [0.5, 0.6) is 0 Å². The van der Waals surface area contributed by atoms with E-state index in [1.807, 2.05) is 67.6 Å². The number of ether oxygens (including phenoxy) is 2. The highest BCUT2D eigenvalue weighted by atomic mass is 16.6. The number of hydrogen-bond acceptors (Lipinski definition) is 4. The van der Waals surface area contributed by atoms with Crippen molar-refractivity contribution in [3.05, 3.63) is 71.8 Å². The van der Waals surface area contributed by atoms with Crippen LogP contribution in [-0.2, 0) is 14.3 Å². The molecule has 0 aromatic heterocycles. The Bertz CT molecular complexity index is 945. The molecule has 2 aliphatic rings. The molecule has 5 heteroatoms. The van der Waals surface area contributed by atoms with Crippen LogP contribution in [0.15, 0.2) is 60.7 Å². The second-order valence-electron chi connectivity index (χ2n) is 9.96. The fourth-order valence-corrected chi connectivity index (χ4v) is 5.38. The highest BCUT2D eigenvalue weighted by molar-refractivity contribution is 5.86. The fraction of sp³-hybridized carbons (Fsp3) is 0.500. The summed E-state index contributed by atoms with van der Waals surface area (Å²) in [6.45, 7) is 8.54. The minimum absolute atomic E-state index is 0.137. The third-order valence-electron chi connectivity index (χ3n) is 7.32. The molecule has 2 fully saturated rings. The van der Waals surface area contributed by atoms with Gasteiger partial charge in [-0.25, -0.2) is 9.59 Å². The van der Waals surface area contributed by atoms with E-state index in [0.29, 0.717) is 17.8 Å². The molecular weight excluding hydrogens is 414 g/mol. The quantitative estimate of drug-likeness (QED) is 0.485. The van der Waals surface area contributed by atoms with E-state index >= 15 is 0 Å². The molecule has 1 saturated heterocycles. The number of hydrogen-bond donors (Lipinski definition) is 0. The zero-order valence-electron chi connectivity index (χ0n) is 20.0. The van der Waals surface area contributed by atoms with Crippen molar-refractivity contribution in [1.82, 2.24) is 4.90 Å². The van der Waals surface area contributed by atoms with Gasteiger partial charge in [0.25, 0.3) is 0 Å². The first-order valence-electron chi connectivity index (χ1n) is 12.2. The van der Waals surface area contributed by atoms with E-state index in [2.05, 4.69) is 20.8 Å². The van der Waals surface area contributed by atoms with Crippen LogP contribution in [0.3, 0.4) is 0 Å². The molecule has 1 saturated carbocycles. The second-order valence-corrected chi connectivity index (χ2v) is 9.96. The van der Waals surface area contributed by atoms with Crippen LogP contribution < -0.4 is 0 Å². The molecule has 6 unspecified atom stereocenters. The SMILES string of the molecule is CC1CCC(C(C)C)C(OC(=O)C2C(c3ccccc3)OC(=O)N2C(C)c2ccccc2)C1. The summed E-state index contributed by atoms with van der Waals surface area (Å²) in [6, 6.07) is 18.1. The number of rotatable bonds is 6. The van der Waals surface area contributed by atoms with Gasteiger partial charge in [-0.15, -0.1) is 0 Å². The monoisotopic (exact) mass is 449 g/mol. The number of benzene rings is 2. The lowest BCUT2D eigenvalue weighted by molar-refractivity contribution is -0.162. The fourth-order valence-electron chi connectivity index (χ4n) is 5.38. The minimum Gasteiger partial charge on any atom is -0.460 e. The lowest BCUT2D eigenvalue weighted by Crippen LogP contribution is -2.46. The van der Waals surface area contributed by atoms with E-state index in [1.54, 1.807) is 4.90 Å². The summed E-state index contributed by atoms with van der Waals surface area (Å²) < 4.78 is 12.0. The summed E-state index contributed by atoms with van der Waals surface area (Å²) in [5.74, 6) is 0.908. The molecule has 1 aliphatic carbocycles. The average molecular weight is 450 g/mol. The van der Waals surface area contributed by atoms with Crippen LogP contribution >= 0.6 is 0 Å². The van der Waals surface area contributed by atoms with Gasteiger partial charge in [0.2, 0.25) is 0 Å². The summed E-state index contributed by atoms with van der Waals surface area (Å²) in [5, 5.41) is 0. The van der Waals surface area contributed by atoms with Gasteiger partial charge in [0, 0.05) is 0 Å². The maximum Gasteiger partial charge on any atom is 0.411 e. The molecule has 2 aromatic carbocycles. The molecular formula is C28H35NO4. The van der Waals surface area contributed by atoms with E-state index in [1.165, 1.54) is 0 Å². The molecule has 1 amide bonds. The lowest BCUT2D eigenvalue weighted by Gasteiger charge is -2.38. The molecule has 5 nitrogen and oxygen atoms in total. The first kappa shape index (κ1) is 23.3. The summed E-state index contributed by atoms with van der Waals surface area (Å²) in [5.41, 5.74) is 1.75. The number of nitrogens with zero attached hydrogens (tertiary/aromatic N) is 1. The zero-order chi connectivity index (χ0) is 23.5. The van der Waals surface area contributed by atoms with Crippen molar-refractivity contribution in [3.8, 4) is 0 Å². The molecule has 6 atom stereocenters. The molecule has 0 radical (unpaired) electrons. The Morgan fingerprint density at radius 3 is 2.27 bits per heavy atom. The van der Waals surface area contributed by atoms with Crippen molar-refractivity contribution in [2.45, 2.75) is 71.2 Å². The van der Waals surface area contributed by atoms with Gasteiger partial charge in [-0.1, -0.05) is 87.9 Å². The van der Waals surface area contributed by atoms with Gasteiger partial charge in [0.05, 0.1) is 6.04 Å². The standard InChI is InChI=1S/C28H35NO4/c1-18(2)23-16-15-19(3)17-24(23)32-27(30)25-26(22-13-9-6-10-14-22)33-28(31)29(25)20(4)21-11-7-5-8-12-21/h5-14,18-20,23-26H,15-17H2,1-4H3. The summed E-state index contributed by atoms with van der Waals surface area (Å²) in [4.78, 5) is 28.4. The van der Waals surface area contributed by atoms with E-state index < -0.39 is 18.2 Å². The minimum atomic E-state index is -0.833. The number of esters is 1. The summed E-state index contributed by atoms with van der Waals surface area (Å²) in [7, 11) is 0. The number of amides is 1. The van der Waals surface area contributed by atoms with Crippen LogP contribution in [0.4, 0.5) is 4.79 Å². The van der Waals surface area contributed by atoms with Gasteiger partial charge in [-0.2, -0.15) is 0 Å². The van der Waals surface area contributed by atoms with E-state index in [0.717, 1.165) is 30.4 Å². The Kier molecular flexibility index (Phi) is 7.06. The Labute approximate surface area is 197 Å². The van der Waals surface area contributed by atoms with Crippen molar-refractivity contribution in [2.24, 2.45) is 17.8 Å². The van der Waals surface area contributed by atoms with E-state index in [9.17, 15) is 9.59 Å². The van der Waals surface area contributed by atoms with Crippen molar-refractivity contribution in [3.63, 3.8) is 0 Å². The van der Waals surface area contributed by atoms with E-state index in [4.69, 9.17) is 9.47 Å². The second kappa shape index (κ2) is 9.98. The van der Waals surface area contributed by atoms with E-state index in [-0.39, 0.29) is 18.1 Å². The first-order valence-corrected chi connectivity index (χ1v) is 12.2. The molecule has 1 aliphatic heterocycles. The molecule has 0 N–H and O–H groups in total. The Morgan fingerprint density at radius 2 is 1.64 bits per heavy atom. The molecule has 176 valence electrons. The van der Waals surface area contributed by atoms with Crippen LogP contribution in [-0.4, -0.2) is 29.1 Å². The van der Waals surface area contributed by atoms with Gasteiger partial charge in [-0.3, -0.25) is 4.90 Å². The van der Waals surface area contributed by atoms with Gasteiger partial charge in [-0.05, 0) is 48.6 Å². The highest BCUT2D eigenvalue weighted by Crippen LogP contribution is 2.41. The molecule has 4 rings (SSSR count). The van der Waals surface area contributed by atoms with Gasteiger partial charge < -0.3 is 9.47 Å². The van der Waals surface area contributed by atoms with Gasteiger partial charge in [0.1, 0.15) is 6.10 Å². The van der Waals surface area contributed by atoms with Crippen LogP contribution in [0.25, 0.3) is 0 Å². The molecule has 2 aromatic rings. The van der Waals surface area contributed by atoms with Crippen molar-refractivity contribution >= 4 is 12.1 Å².